The van der Waals surface area contributed by atoms with E-state index < -0.39 is 3.79 Å². The summed E-state index contributed by atoms with van der Waals surface area (Å²) in [5, 5.41) is 7.64. The first-order valence-electron chi connectivity index (χ1n) is 3.80. The predicted octanol–water partition coefficient (Wildman–Crippen LogP) is 2.77. The van der Waals surface area contributed by atoms with Crippen molar-refractivity contribution in [3.8, 4) is 0 Å². The van der Waals surface area contributed by atoms with Crippen molar-refractivity contribution in [2.24, 2.45) is 7.05 Å². The lowest BCUT2D eigenvalue weighted by Crippen LogP contribution is -2.08. The van der Waals surface area contributed by atoms with Crippen molar-refractivity contribution in [3.63, 3.8) is 0 Å². The van der Waals surface area contributed by atoms with Crippen molar-refractivity contribution in [1.82, 2.24) is 15.0 Å². The Morgan fingerprint density at radius 3 is 2.15 bits per heavy atom. The van der Waals surface area contributed by atoms with E-state index in [1.54, 1.807) is 11.7 Å². The molecule has 0 saturated heterocycles. The largest absolute Gasteiger partial charge is 0.252 e. The number of alkyl halides is 3. The Hall–Kier alpha value is 0.01000. The standard InChI is InChI=1S/C7H10Cl3N3/c1-4(2)5-6(7(8,9)10)11-12-13(5)3/h4H,1-3H3. The minimum absolute atomic E-state index is 0.227. The minimum Gasteiger partial charge on any atom is -0.252 e. The van der Waals surface area contributed by atoms with Gasteiger partial charge in [-0.3, -0.25) is 4.68 Å². The average molecular weight is 243 g/mol. The molecule has 0 aromatic carbocycles. The lowest BCUT2D eigenvalue weighted by molar-refractivity contribution is 0.647. The van der Waals surface area contributed by atoms with E-state index in [0.29, 0.717) is 5.69 Å². The van der Waals surface area contributed by atoms with Crippen LogP contribution in [0.25, 0.3) is 0 Å². The molecule has 0 N–H and O–H groups in total. The highest BCUT2D eigenvalue weighted by atomic mass is 35.6. The number of nitrogens with zero attached hydrogens (tertiary/aromatic N) is 3. The van der Waals surface area contributed by atoms with Gasteiger partial charge < -0.3 is 0 Å². The number of rotatable bonds is 1. The van der Waals surface area contributed by atoms with Crippen LogP contribution in [0.15, 0.2) is 0 Å². The summed E-state index contributed by atoms with van der Waals surface area (Å²) in [5.74, 6) is 0.227. The molecule has 1 aromatic heterocycles. The molecule has 0 aliphatic heterocycles. The molecule has 0 bridgehead atoms. The van der Waals surface area contributed by atoms with Gasteiger partial charge in [-0.1, -0.05) is 53.9 Å². The van der Waals surface area contributed by atoms with Crippen LogP contribution < -0.4 is 0 Å². The van der Waals surface area contributed by atoms with Crippen LogP contribution in [-0.2, 0) is 10.8 Å². The van der Waals surface area contributed by atoms with Crippen LogP contribution in [0, 0.1) is 0 Å². The maximum atomic E-state index is 5.74. The fourth-order valence-electron chi connectivity index (χ4n) is 1.21. The molecule has 74 valence electrons. The molecule has 1 heterocycles. The molecule has 0 fully saturated rings. The molecule has 13 heavy (non-hydrogen) atoms. The van der Waals surface area contributed by atoms with Crippen LogP contribution in [0.5, 0.6) is 0 Å². The summed E-state index contributed by atoms with van der Waals surface area (Å²) in [6.07, 6.45) is 0. The molecule has 6 heteroatoms. The third-order valence-electron chi connectivity index (χ3n) is 1.69. The average Bonchev–Trinajstić information content (AvgIpc) is 2.28. The number of hydrogen-bond acceptors (Lipinski definition) is 2. The molecule has 0 unspecified atom stereocenters. The van der Waals surface area contributed by atoms with Crippen molar-refractivity contribution in [2.45, 2.75) is 23.6 Å². The Labute approximate surface area is 92.0 Å². The highest BCUT2D eigenvalue weighted by Crippen LogP contribution is 2.40. The van der Waals surface area contributed by atoms with E-state index in [0.717, 1.165) is 5.69 Å². The number of halogens is 3. The summed E-state index contributed by atoms with van der Waals surface area (Å²) in [6, 6.07) is 0. The highest BCUT2D eigenvalue weighted by molar-refractivity contribution is 6.66. The van der Waals surface area contributed by atoms with Gasteiger partial charge in [0.2, 0.25) is 3.79 Å². The van der Waals surface area contributed by atoms with Gasteiger partial charge in [0.25, 0.3) is 0 Å². The normalized spacial score (nSPS) is 12.5. The summed E-state index contributed by atoms with van der Waals surface area (Å²) in [4.78, 5) is 0. The highest BCUT2D eigenvalue weighted by Gasteiger charge is 2.31. The van der Waals surface area contributed by atoms with E-state index >= 15 is 0 Å². The van der Waals surface area contributed by atoms with E-state index in [4.69, 9.17) is 34.8 Å². The zero-order chi connectivity index (χ0) is 10.2. The molecule has 0 amide bonds. The van der Waals surface area contributed by atoms with Crippen molar-refractivity contribution in [2.75, 3.05) is 0 Å². The predicted molar refractivity (Wildman–Crippen MR) is 54.3 cm³/mol. The summed E-state index contributed by atoms with van der Waals surface area (Å²) in [6.45, 7) is 4.00. The second kappa shape index (κ2) is 3.64. The smallest absolute Gasteiger partial charge is 0.236 e. The summed E-state index contributed by atoms with van der Waals surface area (Å²) >= 11 is 17.2. The Balaban J connectivity index is 3.23. The zero-order valence-corrected chi connectivity index (χ0v) is 9.82. The molecule has 0 radical (unpaired) electrons. The van der Waals surface area contributed by atoms with Crippen molar-refractivity contribution < 1.29 is 0 Å². The molecule has 0 atom stereocenters. The SMILES string of the molecule is CC(C)c1c(C(Cl)(Cl)Cl)nnn1C. The Kier molecular flexibility index (Phi) is 3.10. The maximum absolute atomic E-state index is 5.74. The number of aromatic nitrogens is 3. The van der Waals surface area contributed by atoms with E-state index in [2.05, 4.69) is 10.3 Å². The molecular weight excluding hydrogens is 232 g/mol. The summed E-state index contributed by atoms with van der Waals surface area (Å²) in [7, 11) is 1.78. The van der Waals surface area contributed by atoms with E-state index in [9.17, 15) is 0 Å². The first-order valence-corrected chi connectivity index (χ1v) is 4.94. The van der Waals surface area contributed by atoms with Crippen molar-refractivity contribution in [1.29, 1.82) is 0 Å². The van der Waals surface area contributed by atoms with Gasteiger partial charge in [-0.15, -0.1) is 5.10 Å². The van der Waals surface area contributed by atoms with Gasteiger partial charge in [0, 0.05) is 7.05 Å². The summed E-state index contributed by atoms with van der Waals surface area (Å²) in [5.41, 5.74) is 1.26. The number of hydrogen-bond donors (Lipinski definition) is 0. The lowest BCUT2D eigenvalue weighted by atomic mass is 10.1. The van der Waals surface area contributed by atoms with Gasteiger partial charge in [0.1, 0.15) is 5.69 Å². The fourth-order valence-corrected chi connectivity index (χ4v) is 1.62. The fraction of sp³-hybridized carbons (Fsp3) is 0.714. The van der Waals surface area contributed by atoms with Crippen molar-refractivity contribution in [3.05, 3.63) is 11.4 Å². The summed E-state index contributed by atoms with van der Waals surface area (Å²) < 4.78 is 0.135. The first-order chi connectivity index (χ1) is 5.84. The maximum Gasteiger partial charge on any atom is 0.236 e. The second-order valence-corrected chi connectivity index (χ2v) is 5.38. The lowest BCUT2D eigenvalue weighted by Gasteiger charge is -2.12. The Morgan fingerprint density at radius 2 is 1.85 bits per heavy atom. The molecule has 0 saturated carbocycles. The second-order valence-electron chi connectivity index (χ2n) is 3.10. The molecule has 3 nitrogen and oxygen atoms in total. The van der Waals surface area contributed by atoms with Crippen LogP contribution in [0.3, 0.4) is 0 Å². The van der Waals surface area contributed by atoms with E-state index in [1.165, 1.54) is 0 Å². The Morgan fingerprint density at radius 1 is 1.31 bits per heavy atom. The van der Waals surface area contributed by atoms with Gasteiger partial charge in [0.05, 0.1) is 5.69 Å². The zero-order valence-electron chi connectivity index (χ0n) is 7.55. The molecule has 0 aliphatic rings. The van der Waals surface area contributed by atoms with Crippen LogP contribution >= 0.6 is 34.8 Å². The van der Waals surface area contributed by atoms with E-state index in [-0.39, 0.29) is 5.92 Å². The third kappa shape index (κ3) is 2.27. The van der Waals surface area contributed by atoms with Gasteiger partial charge in [-0.05, 0) is 5.92 Å². The van der Waals surface area contributed by atoms with Gasteiger partial charge >= 0.3 is 0 Å². The monoisotopic (exact) mass is 241 g/mol. The third-order valence-corrected chi connectivity index (χ3v) is 2.22. The van der Waals surface area contributed by atoms with Crippen LogP contribution in [0.2, 0.25) is 0 Å². The number of aryl methyl sites for hydroxylation is 1. The topological polar surface area (TPSA) is 30.7 Å². The van der Waals surface area contributed by atoms with Crippen LogP contribution in [0.4, 0.5) is 0 Å². The Bertz CT molecular complexity index is 300. The molecule has 0 aliphatic carbocycles. The molecule has 0 spiro atoms. The van der Waals surface area contributed by atoms with Gasteiger partial charge in [-0.2, -0.15) is 0 Å². The van der Waals surface area contributed by atoms with E-state index in [1.807, 2.05) is 13.8 Å². The molecule has 1 rings (SSSR count). The van der Waals surface area contributed by atoms with Crippen LogP contribution in [0.1, 0.15) is 31.2 Å². The van der Waals surface area contributed by atoms with Crippen molar-refractivity contribution >= 4 is 34.8 Å². The quantitative estimate of drug-likeness (QED) is 0.709. The molecule has 1 aromatic rings. The van der Waals surface area contributed by atoms with Gasteiger partial charge in [-0.25, -0.2) is 0 Å². The first kappa shape index (κ1) is 11.1. The van der Waals surface area contributed by atoms with Gasteiger partial charge in [0.15, 0.2) is 0 Å². The van der Waals surface area contributed by atoms with Crippen LogP contribution in [-0.4, -0.2) is 15.0 Å². The minimum atomic E-state index is -1.49. The molecular formula is C7H10Cl3N3.